The van der Waals surface area contributed by atoms with E-state index in [0.29, 0.717) is 11.0 Å². The summed E-state index contributed by atoms with van der Waals surface area (Å²) in [7, 11) is 0. The standard InChI is InChI=1S/C16H12N2O6/c19-13-8-23-16(22)18(13)10-6-17(7-10)14(20)11-5-9-3-1-2-4-12(9)24-15(11)21/h1-5,10H,6-8H2. The number of fused-ring (bicyclic) bond motifs is 1. The van der Waals surface area contributed by atoms with E-state index in [1.165, 1.54) is 11.0 Å². The van der Waals surface area contributed by atoms with Crippen LogP contribution in [0.1, 0.15) is 10.4 Å². The van der Waals surface area contributed by atoms with E-state index >= 15 is 0 Å². The second-order valence-electron chi connectivity index (χ2n) is 5.67. The van der Waals surface area contributed by atoms with E-state index in [2.05, 4.69) is 4.74 Å². The number of likely N-dealkylation sites (tertiary alicyclic amines) is 1. The second kappa shape index (κ2) is 5.19. The molecule has 0 atom stereocenters. The molecule has 3 heterocycles. The van der Waals surface area contributed by atoms with Crippen LogP contribution in [0.2, 0.25) is 0 Å². The van der Waals surface area contributed by atoms with Crippen molar-refractivity contribution in [3.63, 3.8) is 0 Å². The average Bonchev–Trinajstić information content (AvgIpc) is 2.85. The molecule has 8 nitrogen and oxygen atoms in total. The summed E-state index contributed by atoms with van der Waals surface area (Å²) in [4.78, 5) is 49.9. The predicted molar refractivity (Wildman–Crippen MR) is 80.4 cm³/mol. The third-order valence-corrected chi connectivity index (χ3v) is 4.17. The smallest absolute Gasteiger partial charge is 0.417 e. The average molecular weight is 328 g/mol. The lowest BCUT2D eigenvalue weighted by molar-refractivity contribution is -0.129. The summed E-state index contributed by atoms with van der Waals surface area (Å²) in [6, 6.07) is 7.98. The van der Waals surface area contributed by atoms with E-state index in [0.717, 1.165) is 4.90 Å². The highest BCUT2D eigenvalue weighted by atomic mass is 16.6. The Kier molecular flexibility index (Phi) is 3.12. The molecule has 8 heteroatoms. The maximum atomic E-state index is 12.5. The Bertz CT molecular complexity index is 912. The van der Waals surface area contributed by atoms with Crippen molar-refractivity contribution in [2.24, 2.45) is 0 Å². The van der Waals surface area contributed by atoms with Crippen LogP contribution in [0.4, 0.5) is 4.79 Å². The summed E-state index contributed by atoms with van der Waals surface area (Å²) in [5.41, 5.74) is -0.368. The molecule has 122 valence electrons. The Balaban J connectivity index is 1.54. The van der Waals surface area contributed by atoms with Gasteiger partial charge in [0.1, 0.15) is 11.1 Å². The zero-order chi connectivity index (χ0) is 16.8. The van der Waals surface area contributed by atoms with Gasteiger partial charge in [0.2, 0.25) is 0 Å². The molecule has 2 aliphatic heterocycles. The number of carbonyl (C=O) groups excluding carboxylic acids is 3. The predicted octanol–water partition coefficient (Wildman–Crippen LogP) is 0.596. The van der Waals surface area contributed by atoms with E-state index in [9.17, 15) is 19.2 Å². The molecular formula is C16H12N2O6. The molecule has 0 saturated carbocycles. The molecule has 2 saturated heterocycles. The van der Waals surface area contributed by atoms with Crippen LogP contribution in [0.25, 0.3) is 11.0 Å². The molecule has 0 spiro atoms. The van der Waals surface area contributed by atoms with Crippen molar-refractivity contribution in [3.05, 3.63) is 46.3 Å². The molecule has 0 N–H and O–H groups in total. The summed E-state index contributed by atoms with van der Waals surface area (Å²) < 4.78 is 9.80. The molecule has 1 aromatic carbocycles. The quantitative estimate of drug-likeness (QED) is 0.749. The zero-order valence-electron chi connectivity index (χ0n) is 12.4. The second-order valence-corrected chi connectivity index (χ2v) is 5.67. The number of amides is 3. The van der Waals surface area contributed by atoms with Crippen molar-refractivity contribution >= 4 is 28.9 Å². The lowest BCUT2D eigenvalue weighted by Crippen LogP contribution is -2.62. The third kappa shape index (κ3) is 2.15. The number of ether oxygens (including phenoxy) is 1. The lowest BCUT2D eigenvalue weighted by atomic mass is 10.1. The minimum atomic E-state index is -0.709. The molecule has 4 rings (SSSR count). The van der Waals surface area contributed by atoms with Crippen LogP contribution >= 0.6 is 0 Å². The number of nitrogens with zero attached hydrogens (tertiary/aromatic N) is 2. The van der Waals surface area contributed by atoms with Crippen LogP contribution in [0, 0.1) is 0 Å². The highest BCUT2D eigenvalue weighted by Crippen LogP contribution is 2.22. The highest BCUT2D eigenvalue weighted by Gasteiger charge is 2.44. The minimum Gasteiger partial charge on any atom is -0.439 e. The number of cyclic esters (lactones) is 1. The lowest BCUT2D eigenvalue weighted by Gasteiger charge is -2.41. The Morgan fingerprint density at radius 1 is 1.12 bits per heavy atom. The fourth-order valence-electron chi connectivity index (χ4n) is 2.88. The van der Waals surface area contributed by atoms with Crippen molar-refractivity contribution in [2.45, 2.75) is 6.04 Å². The summed E-state index contributed by atoms with van der Waals surface area (Å²) in [5, 5.41) is 0.649. The van der Waals surface area contributed by atoms with Gasteiger partial charge in [0, 0.05) is 18.5 Å². The SMILES string of the molecule is O=C(c1cc2ccccc2oc1=O)N1CC(N2C(=O)COC2=O)C1. The third-order valence-electron chi connectivity index (χ3n) is 4.17. The first-order valence-corrected chi connectivity index (χ1v) is 7.35. The normalized spacial score (nSPS) is 18.0. The molecule has 0 bridgehead atoms. The molecule has 2 fully saturated rings. The molecule has 0 unspecified atom stereocenters. The van der Waals surface area contributed by atoms with Crippen LogP contribution in [-0.2, 0) is 9.53 Å². The molecule has 24 heavy (non-hydrogen) atoms. The fourth-order valence-corrected chi connectivity index (χ4v) is 2.88. The number of hydrogen-bond donors (Lipinski definition) is 0. The number of rotatable bonds is 2. The number of carbonyl (C=O) groups is 3. The van der Waals surface area contributed by atoms with Gasteiger partial charge in [0.25, 0.3) is 11.8 Å². The molecular weight excluding hydrogens is 316 g/mol. The first-order valence-electron chi connectivity index (χ1n) is 7.35. The Labute approximate surface area is 135 Å². The van der Waals surface area contributed by atoms with Crippen molar-refractivity contribution in [1.82, 2.24) is 9.80 Å². The van der Waals surface area contributed by atoms with E-state index in [1.54, 1.807) is 24.3 Å². The van der Waals surface area contributed by atoms with E-state index in [4.69, 9.17) is 4.42 Å². The van der Waals surface area contributed by atoms with Crippen molar-refractivity contribution in [2.75, 3.05) is 19.7 Å². The van der Waals surface area contributed by atoms with Gasteiger partial charge in [-0.05, 0) is 12.1 Å². The Morgan fingerprint density at radius 3 is 2.58 bits per heavy atom. The van der Waals surface area contributed by atoms with Gasteiger partial charge in [0.05, 0.1) is 6.04 Å². The molecule has 2 aromatic rings. The molecule has 0 aliphatic carbocycles. The summed E-state index contributed by atoms with van der Waals surface area (Å²) in [6.07, 6.45) is -0.692. The van der Waals surface area contributed by atoms with Crippen LogP contribution < -0.4 is 5.63 Å². The van der Waals surface area contributed by atoms with E-state index in [-0.39, 0.29) is 25.3 Å². The van der Waals surface area contributed by atoms with E-state index in [1.807, 2.05) is 0 Å². The summed E-state index contributed by atoms with van der Waals surface area (Å²) in [5.74, 6) is -0.895. The number of imide groups is 1. The van der Waals surface area contributed by atoms with Crippen molar-refractivity contribution in [1.29, 1.82) is 0 Å². The first kappa shape index (κ1) is 14.4. The minimum absolute atomic E-state index is 0.0672. The monoisotopic (exact) mass is 328 g/mol. The van der Waals surface area contributed by atoms with Gasteiger partial charge in [-0.15, -0.1) is 0 Å². The number of benzene rings is 1. The van der Waals surface area contributed by atoms with Crippen molar-refractivity contribution in [3.8, 4) is 0 Å². The molecule has 3 amide bonds. The van der Waals surface area contributed by atoms with Crippen LogP contribution in [-0.4, -0.2) is 53.4 Å². The summed E-state index contributed by atoms with van der Waals surface area (Å²) >= 11 is 0. The largest absolute Gasteiger partial charge is 0.439 e. The van der Waals surface area contributed by atoms with Gasteiger partial charge in [-0.1, -0.05) is 18.2 Å². The van der Waals surface area contributed by atoms with E-state index < -0.39 is 29.6 Å². The van der Waals surface area contributed by atoms with Crippen LogP contribution in [0.3, 0.4) is 0 Å². The number of para-hydroxylation sites is 1. The Hall–Kier alpha value is -3.16. The van der Waals surface area contributed by atoms with Gasteiger partial charge >= 0.3 is 11.7 Å². The van der Waals surface area contributed by atoms with Gasteiger partial charge < -0.3 is 14.1 Å². The first-order chi connectivity index (χ1) is 11.5. The Morgan fingerprint density at radius 2 is 1.88 bits per heavy atom. The zero-order valence-corrected chi connectivity index (χ0v) is 12.4. The van der Waals surface area contributed by atoms with Gasteiger partial charge in [-0.2, -0.15) is 0 Å². The van der Waals surface area contributed by atoms with Crippen LogP contribution in [0.15, 0.2) is 39.5 Å². The topological polar surface area (TPSA) is 97.1 Å². The summed E-state index contributed by atoms with van der Waals surface area (Å²) in [6.45, 7) is 0.0788. The van der Waals surface area contributed by atoms with Gasteiger partial charge in [0.15, 0.2) is 6.61 Å². The maximum Gasteiger partial charge on any atom is 0.417 e. The molecule has 0 radical (unpaired) electrons. The van der Waals surface area contributed by atoms with Gasteiger partial charge in [-0.3, -0.25) is 9.59 Å². The number of hydrogen-bond acceptors (Lipinski definition) is 6. The molecule has 2 aliphatic rings. The molecule has 1 aromatic heterocycles. The van der Waals surface area contributed by atoms with Crippen molar-refractivity contribution < 1.29 is 23.5 Å². The van der Waals surface area contributed by atoms with Crippen LogP contribution in [0.5, 0.6) is 0 Å². The fraction of sp³-hybridized carbons (Fsp3) is 0.250. The maximum absolute atomic E-state index is 12.5. The highest BCUT2D eigenvalue weighted by molar-refractivity contribution is 6.00. The van der Waals surface area contributed by atoms with Gasteiger partial charge in [-0.25, -0.2) is 14.5 Å².